The summed E-state index contributed by atoms with van der Waals surface area (Å²) in [6, 6.07) is 17.0. The standard InChI is InChI=1S/C22H26N2O3Si/c1-28(2,3)22(13-7-9-17-8-6-11-20(14-17)24(25)26)27-16-19-15-18-10-4-5-12-21(18)23-19/h4-12,14-15,22-23H,13,16H2,1-3H3. The van der Waals surface area contributed by atoms with Gasteiger partial charge in [0.1, 0.15) is 0 Å². The van der Waals surface area contributed by atoms with Crippen LogP contribution in [-0.4, -0.2) is 23.7 Å². The number of ether oxygens (including phenoxy) is 1. The molecule has 146 valence electrons. The average Bonchev–Trinajstić information content (AvgIpc) is 3.06. The van der Waals surface area contributed by atoms with Crippen LogP contribution in [0.3, 0.4) is 0 Å². The molecule has 1 heterocycles. The second-order valence-electron chi connectivity index (χ2n) is 8.04. The summed E-state index contributed by atoms with van der Waals surface area (Å²) >= 11 is 0. The fourth-order valence-corrected chi connectivity index (χ4v) is 4.57. The van der Waals surface area contributed by atoms with E-state index in [4.69, 9.17) is 4.74 Å². The van der Waals surface area contributed by atoms with Crippen LogP contribution in [-0.2, 0) is 11.3 Å². The van der Waals surface area contributed by atoms with E-state index >= 15 is 0 Å². The van der Waals surface area contributed by atoms with Gasteiger partial charge in [-0.25, -0.2) is 0 Å². The maximum atomic E-state index is 10.9. The number of hydrogen-bond donors (Lipinski definition) is 1. The zero-order valence-corrected chi connectivity index (χ0v) is 17.5. The smallest absolute Gasteiger partial charge is 0.270 e. The largest absolute Gasteiger partial charge is 0.375 e. The molecule has 6 heteroatoms. The van der Waals surface area contributed by atoms with Gasteiger partial charge in [-0.1, -0.05) is 62.1 Å². The molecule has 1 unspecified atom stereocenters. The molecular weight excluding hydrogens is 368 g/mol. The minimum absolute atomic E-state index is 0.110. The Labute approximate surface area is 166 Å². The van der Waals surface area contributed by atoms with Crippen molar-refractivity contribution in [1.29, 1.82) is 0 Å². The monoisotopic (exact) mass is 394 g/mol. The van der Waals surface area contributed by atoms with E-state index in [-0.39, 0.29) is 16.3 Å². The molecular formula is C22H26N2O3Si. The van der Waals surface area contributed by atoms with Crippen molar-refractivity contribution < 1.29 is 9.66 Å². The number of nitrogens with zero attached hydrogens (tertiary/aromatic N) is 1. The first-order chi connectivity index (χ1) is 13.3. The van der Waals surface area contributed by atoms with Crippen molar-refractivity contribution in [1.82, 2.24) is 4.98 Å². The number of nitrogens with one attached hydrogen (secondary N) is 1. The molecule has 0 aliphatic rings. The van der Waals surface area contributed by atoms with Crippen molar-refractivity contribution in [3.8, 4) is 0 Å². The molecule has 0 saturated heterocycles. The number of hydrogen-bond acceptors (Lipinski definition) is 3. The second-order valence-corrected chi connectivity index (χ2v) is 13.4. The number of rotatable bonds is 8. The maximum absolute atomic E-state index is 10.9. The Hall–Kier alpha value is -2.70. The van der Waals surface area contributed by atoms with Gasteiger partial charge in [0.15, 0.2) is 0 Å². The van der Waals surface area contributed by atoms with E-state index in [1.165, 1.54) is 11.5 Å². The van der Waals surface area contributed by atoms with Crippen molar-refractivity contribution in [3.63, 3.8) is 0 Å². The quantitative estimate of drug-likeness (QED) is 0.292. The first-order valence-electron chi connectivity index (χ1n) is 9.42. The number of benzene rings is 2. The van der Waals surface area contributed by atoms with Crippen LogP contribution in [0.2, 0.25) is 19.6 Å². The molecule has 28 heavy (non-hydrogen) atoms. The van der Waals surface area contributed by atoms with E-state index in [2.05, 4.69) is 48.9 Å². The number of fused-ring (bicyclic) bond motifs is 1. The molecule has 1 aromatic heterocycles. The van der Waals surface area contributed by atoms with Crippen LogP contribution in [0.5, 0.6) is 0 Å². The normalized spacial score (nSPS) is 13.2. The SMILES string of the molecule is C[Si](C)(C)C(CC=Cc1cccc([N+](=O)[O-])c1)OCc1cc2ccccc2[nH]1. The van der Waals surface area contributed by atoms with E-state index < -0.39 is 8.07 Å². The molecule has 0 fully saturated rings. The van der Waals surface area contributed by atoms with Gasteiger partial charge in [0.2, 0.25) is 0 Å². The van der Waals surface area contributed by atoms with E-state index in [9.17, 15) is 10.1 Å². The summed E-state index contributed by atoms with van der Waals surface area (Å²) in [7, 11) is -1.54. The molecule has 1 N–H and O–H groups in total. The summed E-state index contributed by atoms with van der Waals surface area (Å²) in [5.74, 6) is 0. The molecule has 3 aromatic rings. The van der Waals surface area contributed by atoms with Crippen LogP contribution in [0.25, 0.3) is 17.0 Å². The summed E-state index contributed by atoms with van der Waals surface area (Å²) in [6.07, 6.45) is 4.79. The minimum Gasteiger partial charge on any atom is -0.375 e. The van der Waals surface area contributed by atoms with Gasteiger partial charge in [0.25, 0.3) is 5.69 Å². The Morgan fingerprint density at radius 3 is 2.64 bits per heavy atom. The minimum atomic E-state index is -1.54. The summed E-state index contributed by atoms with van der Waals surface area (Å²) < 4.78 is 6.29. The lowest BCUT2D eigenvalue weighted by Gasteiger charge is -2.28. The molecule has 3 rings (SSSR count). The van der Waals surface area contributed by atoms with Crippen LogP contribution >= 0.6 is 0 Å². The summed E-state index contributed by atoms with van der Waals surface area (Å²) in [5.41, 5.74) is 3.30. The number of H-pyrrole nitrogens is 1. The topological polar surface area (TPSA) is 68.2 Å². The maximum Gasteiger partial charge on any atom is 0.270 e. The van der Waals surface area contributed by atoms with Crippen molar-refractivity contribution in [3.05, 3.63) is 82.0 Å². The summed E-state index contributed by atoms with van der Waals surface area (Å²) in [6.45, 7) is 7.44. The van der Waals surface area contributed by atoms with Crippen molar-refractivity contribution in [2.45, 2.75) is 38.4 Å². The zero-order chi connectivity index (χ0) is 20.1. The highest BCUT2D eigenvalue weighted by Crippen LogP contribution is 2.21. The molecule has 1 atom stereocenters. The molecule has 0 radical (unpaired) electrons. The highest BCUT2D eigenvalue weighted by Gasteiger charge is 2.26. The third-order valence-corrected chi connectivity index (χ3v) is 7.07. The van der Waals surface area contributed by atoms with Crippen LogP contribution in [0.1, 0.15) is 17.7 Å². The molecule has 0 saturated carbocycles. The van der Waals surface area contributed by atoms with Gasteiger partial charge >= 0.3 is 0 Å². The van der Waals surface area contributed by atoms with Crippen molar-refractivity contribution in [2.75, 3.05) is 0 Å². The first kappa shape index (κ1) is 20.0. The fraction of sp³-hybridized carbons (Fsp3) is 0.273. The molecule has 0 aliphatic carbocycles. The molecule has 2 aromatic carbocycles. The number of aromatic nitrogens is 1. The van der Waals surface area contributed by atoms with E-state index in [1.807, 2.05) is 24.3 Å². The number of nitro groups is 1. The lowest BCUT2D eigenvalue weighted by atomic mass is 10.2. The van der Waals surface area contributed by atoms with Crippen LogP contribution in [0.15, 0.2) is 60.7 Å². The Morgan fingerprint density at radius 1 is 1.14 bits per heavy atom. The first-order valence-corrected chi connectivity index (χ1v) is 13.0. The zero-order valence-electron chi connectivity index (χ0n) is 16.5. The highest BCUT2D eigenvalue weighted by molar-refractivity contribution is 6.77. The van der Waals surface area contributed by atoms with E-state index in [0.29, 0.717) is 6.61 Å². The van der Waals surface area contributed by atoms with Gasteiger partial charge in [-0.15, -0.1) is 0 Å². The predicted octanol–water partition coefficient (Wildman–Crippen LogP) is 5.94. The summed E-state index contributed by atoms with van der Waals surface area (Å²) in [5, 5.41) is 12.1. The van der Waals surface area contributed by atoms with Crippen molar-refractivity contribution in [2.24, 2.45) is 0 Å². The summed E-state index contributed by atoms with van der Waals surface area (Å²) in [4.78, 5) is 14.0. The Morgan fingerprint density at radius 2 is 1.93 bits per heavy atom. The molecule has 0 spiro atoms. The lowest BCUT2D eigenvalue weighted by molar-refractivity contribution is -0.384. The fourth-order valence-electron chi connectivity index (χ4n) is 3.14. The Kier molecular flexibility index (Phi) is 6.11. The van der Waals surface area contributed by atoms with Gasteiger partial charge in [-0.2, -0.15) is 0 Å². The second kappa shape index (κ2) is 8.54. The molecule has 5 nitrogen and oxygen atoms in total. The highest BCUT2D eigenvalue weighted by atomic mass is 28.3. The molecule has 0 amide bonds. The van der Waals surface area contributed by atoms with Crippen LogP contribution in [0, 0.1) is 10.1 Å². The lowest BCUT2D eigenvalue weighted by Crippen LogP contribution is -2.39. The van der Waals surface area contributed by atoms with Crippen molar-refractivity contribution >= 4 is 30.7 Å². The number of non-ortho nitro benzene ring substituents is 1. The van der Waals surface area contributed by atoms with Crippen LogP contribution < -0.4 is 0 Å². The number of aromatic amines is 1. The molecule has 0 bridgehead atoms. The predicted molar refractivity (Wildman–Crippen MR) is 117 cm³/mol. The van der Waals surface area contributed by atoms with Gasteiger partial charge in [-0.3, -0.25) is 10.1 Å². The van der Waals surface area contributed by atoms with E-state index in [1.54, 1.807) is 12.1 Å². The average molecular weight is 395 g/mol. The third kappa shape index (κ3) is 5.18. The van der Waals surface area contributed by atoms with Gasteiger partial charge in [0.05, 0.1) is 25.3 Å². The number of para-hydroxylation sites is 1. The third-order valence-electron chi connectivity index (χ3n) is 4.73. The number of nitro benzene ring substituents is 1. The Balaban J connectivity index is 1.65. The molecule has 0 aliphatic heterocycles. The Bertz CT molecular complexity index is 956. The van der Waals surface area contributed by atoms with Gasteiger partial charge in [-0.05, 0) is 29.5 Å². The van der Waals surface area contributed by atoms with Gasteiger partial charge in [0, 0.05) is 23.3 Å². The van der Waals surface area contributed by atoms with Gasteiger partial charge < -0.3 is 9.72 Å². The van der Waals surface area contributed by atoms with Crippen LogP contribution in [0.4, 0.5) is 5.69 Å². The van der Waals surface area contributed by atoms with E-state index in [0.717, 1.165) is 23.2 Å².